The Balaban J connectivity index is 1.29. The van der Waals surface area contributed by atoms with Gasteiger partial charge in [-0.25, -0.2) is 4.39 Å². The number of halogens is 1. The highest BCUT2D eigenvalue weighted by Gasteiger charge is 2.31. The maximum absolute atomic E-state index is 13.3. The summed E-state index contributed by atoms with van der Waals surface area (Å²) in [7, 11) is 0. The third kappa shape index (κ3) is 6.76. The predicted molar refractivity (Wildman–Crippen MR) is 119 cm³/mol. The minimum Gasteiger partial charge on any atom is -0.491 e. The Kier molecular flexibility index (Phi) is 7.73. The third-order valence-electron chi connectivity index (χ3n) is 5.86. The number of benzene rings is 2. The number of β-amino-alcohol motifs (C(OH)–C–C–N with tert-alkyl or cyclic N) is 1. The number of aliphatic hydroxyl groups is 1. The van der Waals surface area contributed by atoms with Gasteiger partial charge in [0, 0.05) is 38.3 Å². The second kappa shape index (κ2) is 10.9. The van der Waals surface area contributed by atoms with Crippen LogP contribution in [0.15, 0.2) is 54.6 Å². The van der Waals surface area contributed by atoms with E-state index in [0.717, 1.165) is 25.1 Å². The Morgan fingerprint density at radius 2 is 1.91 bits per heavy atom. The van der Waals surface area contributed by atoms with E-state index in [-0.39, 0.29) is 24.4 Å². The van der Waals surface area contributed by atoms with Crippen LogP contribution in [0.5, 0.6) is 5.75 Å². The van der Waals surface area contributed by atoms with Crippen molar-refractivity contribution in [2.75, 3.05) is 45.9 Å². The Labute approximate surface area is 188 Å². The van der Waals surface area contributed by atoms with Gasteiger partial charge in [0.25, 0.3) is 5.91 Å². The third-order valence-corrected chi connectivity index (χ3v) is 5.86. The summed E-state index contributed by atoms with van der Waals surface area (Å²) in [4.78, 5) is 17.0. The lowest BCUT2D eigenvalue weighted by Crippen LogP contribution is -2.51. The fraction of sp³-hybridized carbons (Fsp3) is 0.480. The summed E-state index contributed by atoms with van der Waals surface area (Å²) >= 11 is 0. The topological polar surface area (TPSA) is 62.2 Å². The van der Waals surface area contributed by atoms with Crippen LogP contribution in [-0.4, -0.2) is 79.0 Å². The molecule has 0 unspecified atom stereocenters. The van der Waals surface area contributed by atoms with Gasteiger partial charge >= 0.3 is 0 Å². The van der Waals surface area contributed by atoms with E-state index in [4.69, 9.17) is 9.47 Å². The van der Waals surface area contributed by atoms with Crippen molar-refractivity contribution in [3.05, 3.63) is 66.0 Å². The highest BCUT2D eigenvalue weighted by molar-refractivity contribution is 5.94. The minimum absolute atomic E-state index is 0.0890. The number of amides is 1. The lowest BCUT2D eigenvalue weighted by Gasteiger charge is -2.36. The molecule has 1 saturated heterocycles. The van der Waals surface area contributed by atoms with E-state index in [1.165, 1.54) is 24.3 Å². The second-order valence-electron chi connectivity index (χ2n) is 8.69. The van der Waals surface area contributed by atoms with E-state index >= 15 is 0 Å². The van der Waals surface area contributed by atoms with Gasteiger partial charge in [0.15, 0.2) is 0 Å². The van der Waals surface area contributed by atoms with Gasteiger partial charge in [0.2, 0.25) is 0 Å². The summed E-state index contributed by atoms with van der Waals surface area (Å²) in [5.41, 5.74) is 0.494. The zero-order valence-corrected chi connectivity index (χ0v) is 18.2. The molecule has 0 spiro atoms. The zero-order valence-electron chi connectivity index (χ0n) is 18.2. The molecule has 0 bridgehead atoms. The quantitative estimate of drug-likeness (QED) is 0.613. The monoisotopic (exact) mass is 442 g/mol. The molecule has 32 heavy (non-hydrogen) atoms. The molecule has 1 heterocycles. The van der Waals surface area contributed by atoms with E-state index in [9.17, 15) is 14.3 Å². The molecule has 4 rings (SSSR count). The molecule has 1 amide bonds. The average molecular weight is 443 g/mol. The van der Waals surface area contributed by atoms with Gasteiger partial charge in [0.05, 0.1) is 12.7 Å². The summed E-state index contributed by atoms with van der Waals surface area (Å²) in [5.74, 6) is 0.836. The molecule has 0 radical (unpaired) electrons. The van der Waals surface area contributed by atoms with Crippen molar-refractivity contribution in [3.63, 3.8) is 0 Å². The van der Waals surface area contributed by atoms with Crippen LogP contribution in [0, 0.1) is 11.7 Å². The molecule has 1 aliphatic carbocycles. The summed E-state index contributed by atoms with van der Waals surface area (Å²) in [5, 5.41) is 10.4. The molecule has 2 aromatic carbocycles. The Hall–Kier alpha value is -2.48. The largest absolute Gasteiger partial charge is 0.491 e. The van der Waals surface area contributed by atoms with Crippen LogP contribution in [0.2, 0.25) is 0 Å². The minimum atomic E-state index is -0.614. The SMILES string of the molecule is O=C(c1ccc(F)cc1)N(CC1CC1)C[C@H]1CN(C[C@H](O)COc2ccccc2)CCO1. The molecule has 0 aromatic heterocycles. The first-order valence-corrected chi connectivity index (χ1v) is 11.3. The van der Waals surface area contributed by atoms with Crippen molar-refractivity contribution in [2.24, 2.45) is 5.92 Å². The van der Waals surface area contributed by atoms with Gasteiger partial charge in [-0.2, -0.15) is 0 Å². The van der Waals surface area contributed by atoms with Crippen molar-refractivity contribution in [3.8, 4) is 5.75 Å². The number of morpholine rings is 1. The standard InChI is InChI=1S/C25H31FN2O4/c26-21-10-8-20(9-11-21)25(30)28(14-19-6-7-19)17-24-16-27(12-13-31-24)15-22(29)18-32-23-4-2-1-3-5-23/h1-5,8-11,19,22,24,29H,6-7,12-18H2/t22-,24+/m0/s1. The van der Waals surface area contributed by atoms with Gasteiger partial charge < -0.3 is 19.5 Å². The van der Waals surface area contributed by atoms with Crippen LogP contribution < -0.4 is 4.74 Å². The highest BCUT2D eigenvalue weighted by Crippen LogP contribution is 2.30. The van der Waals surface area contributed by atoms with E-state index in [2.05, 4.69) is 4.90 Å². The summed E-state index contributed by atoms with van der Waals surface area (Å²) in [6, 6.07) is 15.2. The number of hydrogen-bond acceptors (Lipinski definition) is 5. The molecule has 1 aliphatic heterocycles. The number of hydrogen-bond donors (Lipinski definition) is 1. The van der Waals surface area contributed by atoms with Crippen LogP contribution in [0.25, 0.3) is 0 Å². The number of carbonyl (C=O) groups is 1. The van der Waals surface area contributed by atoms with Crippen molar-refractivity contribution < 1.29 is 23.8 Å². The van der Waals surface area contributed by atoms with Gasteiger partial charge in [-0.05, 0) is 55.2 Å². The van der Waals surface area contributed by atoms with E-state index in [1.807, 2.05) is 35.2 Å². The molecule has 2 fully saturated rings. The molecule has 2 aliphatic rings. The van der Waals surface area contributed by atoms with Gasteiger partial charge in [-0.3, -0.25) is 9.69 Å². The van der Waals surface area contributed by atoms with Crippen LogP contribution in [0.1, 0.15) is 23.2 Å². The van der Waals surface area contributed by atoms with Crippen molar-refractivity contribution in [2.45, 2.75) is 25.0 Å². The summed E-state index contributed by atoms with van der Waals surface area (Å²) in [6.07, 6.45) is 1.53. The van der Waals surface area contributed by atoms with E-state index in [1.54, 1.807) is 0 Å². The van der Waals surface area contributed by atoms with Crippen molar-refractivity contribution in [1.82, 2.24) is 9.80 Å². The fourth-order valence-electron chi connectivity index (χ4n) is 3.99. The fourth-order valence-corrected chi connectivity index (χ4v) is 3.99. The number of para-hydroxylation sites is 1. The van der Waals surface area contributed by atoms with E-state index < -0.39 is 6.10 Å². The maximum Gasteiger partial charge on any atom is 0.253 e. The first-order valence-electron chi connectivity index (χ1n) is 11.3. The molecule has 6 nitrogen and oxygen atoms in total. The Bertz CT molecular complexity index is 860. The average Bonchev–Trinajstić information content (AvgIpc) is 3.62. The zero-order chi connectivity index (χ0) is 22.3. The lowest BCUT2D eigenvalue weighted by molar-refractivity contribution is -0.0538. The van der Waals surface area contributed by atoms with Gasteiger partial charge in [-0.1, -0.05) is 18.2 Å². The molecular formula is C25H31FN2O4. The van der Waals surface area contributed by atoms with Crippen LogP contribution in [-0.2, 0) is 4.74 Å². The van der Waals surface area contributed by atoms with Gasteiger partial charge in [0.1, 0.15) is 24.3 Å². The van der Waals surface area contributed by atoms with Crippen LogP contribution in [0.4, 0.5) is 4.39 Å². The normalized spacial score (nSPS) is 20.0. The lowest BCUT2D eigenvalue weighted by atomic mass is 10.1. The highest BCUT2D eigenvalue weighted by atomic mass is 19.1. The molecule has 2 atom stereocenters. The van der Waals surface area contributed by atoms with Gasteiger partial charge in [-0.15, -0.1) is 0 Å². The number of rotatable bonds is 10. The summed E-state index contributed by atoms with van der Waals surface area (Å²) in [6.45, 7) is 3.82. The first-order chi connectivity index (χ1) is 15.6. The molecule has 172 valence electrons. The molecule has 1 saturated carbocycles. The Morgan fingerprint density at radius 3 is 2.62 bits per heavy atom. The Morgan fingerprint density at radius 1 is 1.16 bits per heavy atom. The number of aliphatic hydroxyl groups excluding tert-OH is 1. The van der Waals surface area contributed by atoms with Crippen LogP contribution >= 0.6 is 0 Å². The summed E-state index contributed by atoms with van der Waals surface area (Å²) < 4.78 is 24.9. The molecule has 1 N–H and O–H groups in total. The smallest absolute Gasteiger partial charge is 0.253 e. The van der Waals surface area contributed by atoms with Crippen molar-refractivity contribution in [1.29, 1.82) is 0 Å². The first kappa shape index (κ1) is 22.7. The maximum atomic E-state index is 13.3. The van der Waals surface area contributed by atoms with Crippen LogP contribution in [0.3, 0.4) is 0 Å². The predicted octanol–water partition coefficient (Wildman–Crippen LogP) is 2.82. The number of carbonyl (C=O) groups excluding carboxylic acids is 1. The molecule has 2 aromatic rings. The number of ether oxygens (including phenoxy) is 2. The van der Waals surface area contributed by atoms with E-state index in [0.29, 0.717) is 44.3 Å². The number of nitrogens with zero attached hydrogens (tertiary/aromatic N) is 2. The molecule has 7 heteroatoms. The van der Waals surface area contributed by atoms with Crippen molar-refractivity contribution >= 4 is 5.91 Å². The second-order valence-corrected chi connectivity index (χ2v) is 8.69. The molecular weight excluding hydrogens is 411 g/mol.